The molecule has 2 rings (SSSR count). The Bertz CT molecular complexity index is 209. The standard InChI is InChI=1S/C14H28N2/c1-4-16-7-5-6-13(10-16)15-14-8-12(9-14)11(2)3/h11-15H,4-10H2,1-3H3. The molecule has 0 aromatic heterocycles. The summed E-state index contributed by atoms with van der Waals surface area (Å²) >= 11 is 0. The van der Waals surface area contributed by atoms with Gasteiger partial charge in [0.1, 0.15) is 0 Å². The molecular formula is C14H28N2. The maximum atomic E-state index is 3.86. The predicted molar refractivity (Wildman–Crippen MR) is 69.6 cm³/mol. The minimum atomic E-state index is 0.770. The fourth-order valence-electron chi connectivity index (χ4n) is 3.15. The molecule has 0 radical (unpaired) electrons. The van der Waals surface area contributed by atoms with E-state index in [2.05, 4.69) is 31.0 Å². The molecule has 94 valence electrons. The highest BCUT2D eigenvalue weighted by molar-refractivity contribution is 4.90. The lowest BCUT2D eigenvalue weighted by molar-refractivity contribution is 0.126. The smallest absolute Gasteiger partial charge is 0.0198 e. The Kier molecular flexibility index (Phi) is 4.26. The van der Waals surface area contributed by atoms with Crippen LogP contribution in [-0.4, -0.2) is 36.6 Å². The Balaban J connectivity index is 1.67. The molecule has 1 aliphatic heterocycles. The van der Waals surface area contributed by atoms with Gasteiger partial charge in [-0.05, 0) is 50.6 Å². The summed E-state index contributed by atoms with van der Waals surface area (Å²) < 4.78 is 0. The molecule has 2 heteroatoms. The third kappa shape index (κ3) is 2.98. The number of likely N-dealkylation sites (tertiary alicyclic amines) is 1. The van der Waals surface area contributed by atoms with Gasteiger partial charge in [-0.3, -0.25) is 0 Å². The van der Waals surface area contributed by atoms with Crippen LogP contribution in [0.2, 0.25) is 0 Å². The molecule has 2 nitrogen and oxygen atoms in total. The fraction of sp³-hybridized carbons (Fsp3) is 1.00. The minimum absolute atomic E-state index is 0.770. The Hall–Kier alpha value is -0.0800. The average Bonchev–Trinajstić information content (AvgIpc) is 2.22. The molecular weight excluding hydrogens is 196 g/mol. The van der Waals surface area contributed by atoms with E-state index in [9.17, 15) is 0 Å². The van der Waals surface area contributed by atoms with Crippen molar-refractivity contribution in [2.24, 2.45) is 11.8 Å². The van der Waals surface area contributed by atoms with Gasteiger partial charge in [0.15, 0.2) is 0 Å². The van der Waals surface area contributed by atoms with Crippen molar-refractivity contribution < 1.29 is 0 Å². The van der Waals surface area contributed by atoms with Crippen LogP contribution in [0, 0.1) is 11.8 Å². The Morgan fingerprint density at radius 2 is 2.00 bits per heavy atom. The molecule has 0 bridgehead atoms. The van der Waals surface area contributed by atoms with Gasteiger partial charge in [-0.2, -0.15) is 0 Å². The topological polar surface area (TPSA) is 15.3 Å². The van der Waals surface area contributed by atoms with Crippen molar-refractivity contribution in [1.82, 2.24) is 10.2 Å². The lowest BCUT2D eigenvalue weighted by Gasteiger charge is -2.42. The van der Waals surface area contributed by atoms with Crippen molar-refractivity contribution in [3.8, 4) is 0 Å². The second-order valence-corrected chi connectivity index (χ2v) is 6.07. The second-order valence-electron chi connectivity index (χ2n) is 6.07. The van der Waals surface area contributed by atoms with E-state index < -0.39 is 0 Å². The van der Waals surface area contributed by atoms with E-state index in [-0.39, 0.29) is 0 Å². The molecule has 1 N–H and O–H groups in total. The zero-order valence-electron chi connectivity index (χ0n) is 11.2. The van der Waals surface area contributed by atoms with Crippen LogP contribution in [-0.2, 0) is 0 Å². The molecule has 0 spiro atoms. The van der Waals surface area contributed by atoms with Crippen molar-refractivity contribution in [2.75, 3.05) is 19.6 Å². The summed E-state index contributed by atoms with van der Waals surface area (Å²) in [6, 6.07) is 1.60. The molecule has 1 saturated carbocycles. The summed E-state index contributed by atoms with van der Waals surface area (Å²) in [5.41, 5.74) is 0. The van der Waals surface area contributed by atoms with Crippen LogP contribution in [0.25, 0.3) is 0 Å². The van der Waals surface area contributed by atoms with Crippen LogP contribution >= 0.6 is 0 Å². The van der Waals surface area contributed by atoms with E-state index in [1.165, 1.54) is 45.3 Å². The number of nitrogens with one attached hydrogen (secondary N) is 1. The van der Waals surface area contributed by atoms with Crippen LogP contribution in [0.1, 0.15) is 46.5 Å². The van der Waals surface area contributed by atoms with E-state index >= 15 is 0 Å². The Morgan fingerprint density at radius 1 is 1.25 bits per heavy atom. The van der Waals surface area contributed by atoms with Crippen LogP contribution < -0.4 is 5.32 Å². The van der Waals surface area contributed by atoms with Crippen molar-refractivity contribution in [3.63, 3.8) is 0 Å². The lowest BCUT2D eigenvalue weighted by atomic mass is 9.73. The number of nitrogens with zero attached hydrogens (tertiary/aromatic N) is 1. The molecule has 2 aliphatic rings. The van der Waals surface area contributed by atoms with E-state index in [1.54, 1.807) is 0 Å². The van der Waals surface area contributed by atoms with Crippen molar-refractivity contribution in [3.05, 3.63) is 0 Å². The lowest BCUT2D eigenvalue weighted by Crippen LogP contribution is -2.53. The van der Waals surface area contributed by atoms with Crippen LogP contribution in [0.15, 0.2) is 0 Å². The normalized spacial score (nSPS) is 36.4. The van der Waals surface area contributed by atoms with Gasteiger partial charge in [-0.15, -0.1) is 0 Å². The monoisotopic (exact) mass is 224 g/mol. The molecule has 1 heterocycles. The van der Waals surface area contributed by atoms with Crippen LogP contribution in [0.4, 0.5) is 0 Å². The van der Waals surface area contributed by atoms with Crippen molar-refractivity contribution in [1.29, 1.82) is 0 Å². The Morgan fingerprint density at radius 3 is 2.62 bits per heavy atom. The van der Waals surface area contributed by atoms with Gasteiger partial charge < -0.3 is 10.2 Å². The maximum Gasteiger partial charge on any atom is 0.0198 e. The van der Waals surface area contributed by atoms with Gasteiger partial charge in [-0.25, -0.2) is 0 Å². The predicted octanol–water partition coefficient (Wildman–Crippen LogP) is 2.49. The van der Waals surface area contributed by atoms with Crippen molar-refractivity contribution in [2.45, 2.75) is 58.5 Å². The highest BCUT2D eigenvalue weighted by Crippen LogP contribution is 2.34. The first kappa shape index (κ1) is 12.4. The van der Waals surface area contributed by atoms with E-state index in [0.717, 1.165) is 23.9 Å². The molecule has 1 saturated heterocycles. The zero-order valence-corrected chi connectivity index (χ0v) is 11.2. The summed E-state index contributed by atoms with van der Waals surface area (Å²) in [6.07, 6.45) is 5.60. The molecule has 1 aliphatic carbocycles. The highest BCUT2D eigenvalue weighted by atomic mass is 15.2. The summed E-state index contributed by atoms with van der Waals surface area (Å²) in [6.45, 7) is 10.8. The first-order valence-electron chi connectivity index (χ1n) is 7.17. The number of hydrogen-bond donors (Lipinski definition) is 1. The van der Waals surface area contributed by atoms with Gasteiger partial charge in [-0.1, -0.05) is 20.8 Å². The quantitative estimate of drug-likeness (QED) is 0.789. The number of likely N-dealkylation sites (N-methyl/N-ethyl adjacent to an activating group) is 1. The van der Waals surface area contributed by atoms with E-state index in [0.29, 0.717) is 0 Å². The van der Waals surface area contributed by atoms with Crippen LogP contribution in [0.3, 0.4) is 0 Å². The molecule has 1 unspecified atom stereocenters. The van der Waals surface area contributed by atoms with E-state index in [1.807, 2.05) is 0 Å². The van der Waals surface area contributed by atoms with Gasteiger partial charge in [0, 0.05) is 18.6 Å². The van der Waals surface area contributed by atoms with Gasteiger partial charge in [0.05, 0.1) is 0 Å². The number of hydrogen-bond acceptors (Lipinski definition) is 2. The third-order valence-electron chi connectivity index (χ3n) is 4.54. The molecule has 0 aromatic rings. The fourth-order valence-corrected chi connectivity index (χ4v) is 3.15. The maximum absolute atomic E-state index is 3.86. The molecule has 16 heavy (non-hydrogen) atoms. The number of rotatable bonds is 4. The van der Waals surface area contributed by atoms with Gasteiger partial charge >= 0.3 is 0 Å². The highest BCUT2D eigenvalue weighted by Gasteiger charge is 2.33. The number of piperidine rings is 1. The average molecular weight is 224 g/mol. The summed E-state index contributed by atoms with van der Waals surface area (Å²) in [5.74, 6) is 1.87. The van der Waals surface area contributed by atoms with E-state index in [4.69, 9.17) is 0 Å². The Labute approximate surface area is 101 Å². The summed E-state index contributed by atoms with van der Waals surface area (Å²) in [7, 11) is 0. The van der Waals surface area contributed by atoms with Gasteiger partial charge in [0.2, 0.25) is 0 Å². The molecule has 1 atom stereocenters. The van der Waals surface area contributed by atoms with Gasteiger partial charge in [0.25, 0.3) is 0 Å². The first-order chi connectivity index (χ1) is 7.69. The summed E-state index contributed by atoms with van der Waals surface area (Å²) in [5, 5.41) is 3.86. The molecule has 0 aromatic carbocycles. The first-order valence-corrected chi connectivity index (χ1v) is 7.17. The third-order valence-corrected chi connectivity index (χ3v) is 4.54. The molecule has 0 amide bonds. The summed E-state index contributed by atoms with van der Waals surface area (Å²) in [4.78, 5) is 2.58. The van der Waals surface area contributed by atoms with Crippen LogP contribution in [0.5, 0.6) is 0 Å². The zero-order chi connectivity index (χ0) is 11.5. The minimum Gasteiger partial charge on any atom is -0.310 e. The second kappa shape index (κ2) is 5.50. The SMILES string of the molecule is CCN1CCCC(NC2CC(C(C)C)C2)C1. The largest absolute Gasteiger partial charge is 0.310 e. The van der Waals surface area contributed by atoms with Crippen molar-refractivity contribution >= 4 is 0 Å². The molecule has 2 fully saturated rings.